The summed E-state index contributed by atoms with van der Waals surface area (Å²) in [5, 5.41) is 0. The van der Waals surface area contributed by atoms with E-state index in [1.165, 1.54) is 23.9 Å². The molecule has 2 aromatic rings. The topological polar surface area (TPSA) is 0 Å². The van der Waals surface area contributed by atoms with Crippen LogP contribution in [0.25, 0.3) is 4.91 Å². The molecule has 0 N–H and O–H groups in total. The molecule has 0 unspecified atom stereocenters. The van der Waals surface area contributed by atoms with Gasteiger partial charge in [0, 0.05) is 9.80 Å². The zero-order valence-corrected chi connectivity index (χ0v) is 11.6. The molecule has 0 amide bonds. The van der Waals surface area contributed by atoms with Crippen molar-refractivity contribution in [3.63, 3.8) is 0 Å². The Bertz CT molecular complexity index is 583. The van der Waals surface area contributed by atoms with Gasteiger partial charge < -0.3 is 0 Å². The van der Waals surface area contributed by atoms with Gasteiger partial charge in [0.05, 0.1) is 5.56 Å². The second kappa shape index (κ2) is 6.18. The highest BCUT2D eigenvalue weighted by atomic mass is 32.2. The van der Waals surface area contributed by atoms with Gasteiger partial charge in [0.15, 0.2) is 0 Å². The molecule has 0 nitrogen and oxygen atoms in total. The number of hydrogen-bond donors (Lipinski definition) is 0. The monoisotopic (exact) mass is 294 g/mol. The summed E-state index contributed by atoms with van der Waals surface area (Å²) in [7, 11) is 0. The predicted molar refractivity (Wildman–Crippen MR) is 77.4 cm³/mol. The van der Waals surface area contributed by atoms with E-state index in [0.29, 0.717) is 0 Å². The summed E-state index contributed by atoms with van der Waals surface area (Å²) in [5.41, 5.74) is 0.163. The molecular formula is C16H13F3S. The maximum Gasteiger partial charge on any atom is 0.416 e. The number of halogens is 3. The molecule has 0 radical (unpaired) electrons. The van der Waals surface area contributed by atoms with Gasteiger partial charge in [-0.2, -0.15) is 13.2 Å². The third kappa shape index (κ3) is 3.67. The first-order valence-electron chi connectivity index (χ1n) is 6.07. The first-order chi connectivity index (χ1) is 9.50. The van der Waals surface area contributed by atoms with Crippen molar-refractivity contribution < 1.29 is 13.2 Å². The molecule has 0 saturated heterocycles. The van der Waals surface area contributed by atoms with E-state index in [2.05, 4.69) is 0 Å². The van der Waals surface area contributed by atoms with Gasteiger partial charge >= 0.3 is 6.18 Å². The highest BCUT2D eigenvalue weighted by Gasteiger charge is 2.30. The van der Waals surface area contributed by atoms with Gasteiger partial charge in [0.2, 0.25) is 0 Å². The van der Waals surface area contributed by atoms with Crippen molar-refractivity contribution in [1.82, 2.24) is 0 Å². The van der Waals surface area contributed by atoms with Crippen molar-refractivity contribution >= 4 is 16.7 Å². The molecule has 0 aliphatic rings. The minimum Gasteiger partial charge on any atom is -0.166 e. The van der Waals surface area contributed by atoms with Crippen LogP contribution in [0.3, 0.4) is 0 Å². The van der Waals surface area contributed by atoms with Gasteiger partial charge in [-0.3, -0.25) is 0 Å². The standard InChI is InChI=1S/C16H13F3S/c1-2-15(20-14-6-4-3-5-7-14)12-8-10-13(11-9-12)16(17,18)19/h2-11H,1H3/b15-2-. The van der Waals surface area contributed by atoms with Crippen molar-refractivity contribution in [2.45, 2.75) is 18.0 Å². The molecule has 104 valence electrons. The summed E-state index contributed by atoms with van der Waals surface area (Å²) in [6.45, 7) is 1.88. The van der Waals surface area contributed by atoms with E-state index in [-0.39, 0.29) is 0 Å². The van der Waals surface area contributed by atoms with E-state index in [1.807, 2.05) is 43.3 Å². The van der Waals surface area contributed by atoms with Crippen LogP contribution in [0.2, 0.25) is 0 Å². The quantitative estimate of drug-likeness (QED) is 0.639. The summed E-state index contributed by atoms with van der Waals surface area (Å²) in [4.78, 5) is 1.99. The van der Waals surface area contributed by atoms with Gasteiger partial charge in [-0.05, 0) is 36.8 Å². The molecule has 4 heteroatoms. The minimum atomic E-state index is -4.29. The van der Waals surface area contributed by atoms with E-state index in [9.17, 15) is 13.2 Å². The van der Waals surface area contributed by atoms with Gasteiger partial charge in [-0.1, -0.05) is 48.2 Å². The fraction of sp³-hybridized carbons (Fsp3) is 0.125. The molecule has 0 atom stereocenters. The van der Waals surface area contributed by atoms with Crippen molar-refractivity contribution in [1.29, 1.82) is 0 Å². The molecule has 2 aromatic carbocycles. The SMILES string of the molecule is C/C=C(\Sc1ccccc1)c1ccc(C(F)(F)F)cc1. The molecule has 0 aromatic heterocycles. The Morgan fingerprint density at radius 2 is 1.55 bits per heavy atom. The Morgan fingerprint density at radius 1 is 0.950 bits per heavy atom. The molecule has 0 bridgehead atoms. The van der Waals surface area contributed by atoms with Crippen LogP contribution in [0, 0.1) is 0 Å². The normalized spacial score (nSPS) is 12.5. The van der Waals surface area contributed by atoms with E-state index >= 15 is 0 Å². The number of thioether (sulfide) groups is 1. The molecule has 0 heterocycles. The third-order valence-electron chi connectivity index (χ3n) is 2.73. The summed E-state index contributed by atoms with van der Waals surface area (Å²) in [6.07, 6.45) is -2.39. The lowest BCUT2D eigenvalue weighted by molar-refractivity contribution is -0.137. The third-order valence-corrected chi connectivity index (χ3v) is 3.93. The van der Waals surface area contributed by atoms with Crippen LogP contribution in [0.15, 0.2) is 65.6 Å². The zero-order valence-electron chi connectivity index (χ0n) is 10.8. The fourth-order valence-electron chi connectivity index (χ4n) is 1.72. The van der Waals surface area contributed by atoms with Crippen LogP contribution in [0.1, 0.15) is 18.1 Å². The van der Waals surface area contributed by atoms with Crippen LogP contribution >= 0.6 is 11.8 Å². The second-order valence-corrected chi connectivity index (χ2v) is 5.26. The summed E-state index contributed by atoms with van der Waals surface area (Å²) in [5.74, 6) is 0. The maximum atomic E-state index is 12.5. The van der Waals surface area contributed by atoms with E-state index in [4.69, 9.17) is 0 Å². The number of hydrogen-bond acceptors (Lipinski definition) is 1. The molecule has 20 heavy (non-hydrogen) atoms. The Labute approximate surface area is 120 Å². The zero-order chi connectivity index (χ0) is 14.6. The van der Waals surface area contributed by atoms with Crippen LogP contribution in [0.4, 0.5) is 13.2 Å². The lowest BCUT2D eigenvalue weighted by atomic mass is 10.1. The Morgan fingerprint density at radius 3 is 2.05 bits per heavy atom. The molecule has 0 aliphatic carbocycles. The minimum absolute atomic E-state index is 0.624. The lowest BCUT2D eigenvalue weighted by Crippen LogP contribution is -2.04. The summed E-state index contributed by atoms with van der Waals surface area (Å²) < 4.78 is 37.6. The van der Waals surface area contributed by atoms with Crippen molar-refractivity contribution in [3.05, 3.63) is 71.8 Å². The van der Waals surface area contributed by atoms with E-state index < -0.39 is 11.7 Å². The van der Waals surface area contributed by atoms with Gasteiger partial charge in [-0.15, -0.1) is 0 Å². The van der Waals surface area contributed by atoms with Crippen LogP contribution in [-0.2, 0) is 6.18 Å². The average molecular weight is 294 g/mol. The Balaban J connectivity index is 2.21. The van der Waals surface area contributed by atoms with Crippen molar-refractivity contribution in [2.75, 3.05) is 0 Å². The van der Waals surface area contributed by atoms with Crippen molar-refractivity contribution in [2.24, 2.45) is 0 Å². The van der Waals surface area contributed by atoms with Gasteiger partial charge in [0.1, 0.15) is 0 Å². The van der Waals surface area contributed by atoms with Gasteiger partial charge in [0.25, 0.3) is 0 Å². The highest BCUT2D eigenvalue weighted by molar-refractivity contribution is 8.08. The second-order valence-electron chi connectivity index (χ2n) is 4.14. The molecule has 0 spiro atoms. The average Bonchev–Trinajstić information content (AvgIpc) is 2.45. The van der Waals surface area contributed by atoms with E-state index in [1.54, 1.807) is 0 Å². The molecule has 0 fully saturated rings. The first kappa shape index (κ1) is 14.7. The predicted octanol–water partition coefficient (Wildman–Crippen LogP) is 5.86. The first-order valence-corrected chi connectivity index (χ1v) is 6.89. The summed E-state index contributed by atoms with van der Waals surface area (Å²) >= 11 is 1.54. The van der Waals surface area contributed by atoms with Crippen LogP contribution in [-0.4, -0.2) is 0 Å². The van der Waals surface area contributed by atoms with Crippen LogP contribution < -0.4 is 0 Å². The maximum absolute atomic E-state index is 12.5. The Hall–Kier alpha value is -1.68. The number of benzene rings is 2. The number of alkyl halides is 3. The van der Waals surface area contributed by atoms with Gasteiger partial charge in [-0.25, -0.2) is 0 Å². The largest absolute Gasteiger partial charge is 0.416 e. The lowest BCUT2D eigenvalue weighted by Gasteiger charge is -2.10. The molecule has 2 rings (SSSR count). The van der Waals surface area contributed by atoms with E-state index in [0.717, 1.165) is 27.5 Å². The Kier molecular flexibility index (Phi) is 4.55. The van der Waals surface area contributed by atoms with Crippen molar-refractivity contribution in [3.8, 4) is 0 Å². The fourth-order valence-corrected chi connectivity index (χ4v) is 2.64. The summed E-state index contributed by atoms with van der Waals surface area (Å²) in [6, 6.07) is 15.0. The number of rotatable bonds is 3. The number of allylic oxidation sites excluding steroid dienone is 1. The molecule has 0 aliphatic heterocycles. The molecule has 0 saturated carbocycles. The molecular weight excluding hydrogens is 281 g/mol. The van der Waals surface area contributed by atoms with Crippen LogP contribution in [0.5, 0.6) is 0 Å². The smallest absolute Gasteiger partial charge is 0.166 e. The highest BCUT2D eigenvalue weighted by Crippen LogP contribution is 2.35.